The number of nitrogens with zero attached hydrogens (tertiary/aromatic N) is 5. The number of rotatable bonds is 6. The molecular weight excluding hydrogens is 562 g/mol. The molecular formula is C29H31N5O5S2. The molecule has 0 unspecified atom stereocenters. The Labute approximate surface area is 242 Å². The quantitative estimate of drug-likeness (QED) is 0.335. The molecule has 2 aliphatic rings. The summed E-state index contributed by atoms with van der Waals surface area (Å²) >= 11 is 1.58. The number of hydrogen-bond acceptors (Lipinski definition) is 8. The van der Waals surface area contributed by atoms with Crippen molar-refractivity contribution < 1.29 is 22.7 Å². The second kappa shape index (κ2) is 11.3. The Hall–Kier alpha value is -3.61. The minimum Gasteiger partial charge on any atom is -0.486 e. The second-order valence-electron chi connectivity index (χ2n) is 10.4. The number of hydrogen-bond donors (Lipinski definition) is 0. The third-order valence-corrected chi connectivity index (χ3v) is 9.88. The van der Waals surface area contributed by atoms with Gasteiger partial charge in [-0.3, -0.25) is 9.59 Å². The van der Waals surface area contributed by atoms with Crippen LogP contribution in [0.5, 0.6) is 5.75 Å². The largest absolute Gasteiger partial charge is 0.486 e. The Bertz CT molecular complexity index is 1690. The summed E-state index contributed by atoms with van der Waals surface area (Å²) in [7, 11) is -3.32. The zero-order valence-electron chi connectivity index (χ0n) is 22.8. The molecule has 2 amide bonds. The fourth-order valence-corrected chi connectivity index (χ4v) is 7.07. The molecule has 0 saturated carbocycles. The van der Waals surface area contributed by atoms with E-state index in [1.54, 1.807) is 34.4 Å². The highest BCUT2D eigenvalue weighted by molar-refractivity contribution is 7.88. The highest BCUT2D eigenvalue weighted by atomic mass is 32.2. The van der Waals surface area contributed by atoms with E-state index in [4.69, 9.17) is 4.74 Å². The lowest BCUT2D eigenvalue weighted by Crippen LogP contribution is -2.50. The van der Waals surface area contributed by atoms with Crippen molar-refractivity contribution in [3.8, 4) is 5.75 Å². The van der Waals surface area contributed by atoms with Crippen molar-refractivity contribution in [1.29, 1.82) is 0 Å². The maximum Gasteiger partial charge on any atom is 0.272 e. The van der Waals surface area contributed by atoms with Gasteiger partial charge in [0.05, 0.1) is 27.6 Å². The lowest BCUT2D eigenvalue weighted by molar-refractivity contribution is 0.0692. The van der Waals surface area contributed by atoms with Gasteiger partial charge in [-0.25, -0.2) is 18.4 Å². The fraction of sp³-hybridized carbons (Fsp3) is 0.379. The summed E-state index contributed by atoms with van der Waals surface area (Å²) in [4.78, 5) is 40.0. The standard InChI is InChI=1S/C29H31N5O5S2/c1-41(37,38)34-15-13-33(14-16-34)29(36)25-18-22(28(35)32-11-5-2-6-12-32)21-17-20(9-10-23(21)30-25)39-19-27-31-24-7-3-4-8-26(24)40-27/h3-4,7-10,17-18H,2,5-6,11-16,19H2,1H3. The Balaban J connectivity index is 1.29. The minimum atomic E-state index is -3.32. The molecule has 2 aliphatic heterocycles. The number of likely N-dealkylation sites (tertiary alicyclic amines) is 1. The van der Waals surface area contributed by atoms with E-state index >= 15 is 0 Å². The third kappa shape index (κ3) is 5.90. The van der Waals surface area contributed by atoms with E-state index in [2.05, 4.69) is 9.97 Å². The Kier molecular flexibility index (Phi) is 7.62. The highest BCUT2D eigenvalue weighted by Crippen LogP contribution is 2.28. The monoisotopic (exact) mass is 593 g/mol. The van der Waals surface area contributed by atoms with Crippen LogP contribution in [0.15, 0.2) is 48.5 Å². The van der Waals surface area contributed by atoms with Crippen molar-refractivity contribution in [2.24, 2.45) is 0 Å². The molecule has 2 fully saturated rings. The van der Waals surface area contributed by atoms with Crippen LogP contribution >= 0.6 is 11.3 Å². The number of pyridine rings is 1. The average Bonchev–Trinajstić information content (AvgIpc) is 3.42. The molecule has 2 saturated heterocycles. The van der Waals surface area contributed by atoms with Crippen molar-refractivity contribution in [2.45, 2.75) is 25.9 Å². The van der Waals surface area contributed by atoms with Crippen LogP contribution in [0.1, 0.15) is 45.1 Å². The van der Waals surface area contributed by atoms with Gasteiger partial charge in [-0.15, -0.1) is 11.3 Å². The number of piperazine rings is 1. The number of piperidine rings is 1. The molecule has 2 aromatic carbocycles. The predicted octanol–water partition coefficient (Wildman–Crippen LogP) is 3.77. The summed E-state index contributed by atoms with van der Waals surface area (Å²) in [5, 5.41) is 1.48. The van der Waals surface area contributed by atoms with Gasteiger partial charge >= 0.3 is 0 Å². The van der Waals surface area contributed by atoms with Crippen molar-refractivity contribution in [2.75, 3.05) is 45.5 Å². The molecule has 2 aromatic heterocycles. The topological polar surface area (TPSA) is 113 Å². The number of aromatic nitrogens is 2. The van der Waals surface area contributed by atoms with E-state index in [9.17, 15) is 18.0 Å². The van der Waals surface area contributed by atoms with Gasteiger partial charge in [0.15, 0.2) is 0 Å². The van der Waals surface area contributed by atoms with Crippen LogP contribution in [0.3, 0.4) is 0 Å². The maximum atomic E-state index is 13.8. The van der Waals surface area contributed by atoms with Gasteiger partial charge in [0.25, 0.3) is 11.8 Å². The molecule has 12 heteroatoms. The number of amides is 2. The van der Waals surface area contributed by atoms with Crippen LogP contribution in [-0.4, -0.2) is 89.8 Å². The molecule has 4 aromatic rings. The summed E-state index contributed by atoms with van der Waals surface area (Å²) in [6.45, 7) is 2.63. The van der Waals surface area contributed by atoms with Gasteiger partial charge in [-0.05, 0) is 55.7 Å². The molecule has 0 radical (unpaired) electrons. The minimum absolute atomic E-state index is 0.128. The van der Waals surface area contributed by atoms with Gasteiger partial charge < -0.3 is 14.5 Å². The van der Waals surface area contributed by atoms with E-state index in [0.717, 1.165) is 34.5 Å². The molecule has 10 nitrogen and oxygen atoms in total. The Morgan fingerprint density at radius 2 is 1.59 bits per heavy atom. The molecule has 6 rings (SSSR count). The van der Waals surface area contributed by atoms with Crippen LogP contribution in [0.25, 0.3) is 21.1 Å². The van der Waals surface area contributed by atoms with E-state index in [1.807, 2.05) is 35.2 Å². The van der Waals surface area contributed by atoms with Crippen molar-refractivity contribution in [3.63, 3.8) is 0 Å². The first-order valence-electron chi connectivity index (χ1n) is 13.7. The van der Waals surface area contributed by atoms with Gasteiger partial charge in [-0.2, -0.15) is 4.31 Å². The molecule has 214 valence electrons. The number of ether oxygens (including phenoxy) is 1. The van der Waals surface area contributed by atoms with Crippen molar-refractivity contribution in [3.05, 3.63) is 64.8 Å². The van der Waals surface area contributed by atoms with E-state index < -0.39 is 10.0 Å². The van der Waals surface area contributed by atoms with Crippen molar-refractivity contribution in [1.82, 2.24) is 24.1 Å². The van der Waals surface area contributed by atoms with E-state index in [1.165, 1.54) is 10.6 Å². The summed E-state index contributed by atoms with van der Waals surface area (Å²) in [5.41, 5.74) is 2.05. The zero-order chi connectivity index (χ0) is 28.6. The summed E-state index contributed by atoms with van der Waals surface area (Å²) in [6.07, 6.45) is 4.15. The summed E-state index contributed by atoms with van der Waals surface area (Å²) < 4.78 is 32.3. The van der Waals surface area contributed by atoms with Crippen LogP contribution in [-0.2, 0) is 16.6 Å². The fourth-order valence-electron chi connectivity index (χ4n) is 5.36. The number of para-hydroxylation sites is 1. The van der Waals surface area contributed by atoms with Crippen LogP contribution in [0.4, 0.5) is 0 Å². The maximum absolute atomic E-state index is 13.8. The highest BCUT2D eigenvalue weighted by Gasteiger charge is 2.29. The lowest BCUT2D eigenvalue weighted by Gasteiger charge is -2.33. The smallest absolute Gasteiger partial charge is 0.272 e. The van der Waals surface area contributed by atoms with Crippen molar-refractivity contribution >= 4 is 54.3 Å². The summed E-state index contributed by atoms with van der Waals surface area (Å²) in [6, 6.07) is 14.9. The first-order chi connectivity index (χ1) is 19.8. The number of sulfonamides is 1. The SMILES string of the molecule is CS(=O)(=O)N1CCN(C(=O)c2cc(C(=O)N3CCCCC3)c3cc(OCc4nc5ccccc5s4)ccc3n2)CC1. The van der Waals surface area contributed by atoms with Crippen LogP contribution < -0.4 is 4.74 Å². The summed E-state index contributed by atoms with van der Waals surface area (Å²) in [5.74, 6) is 0.141. The molecule has 41 heavy (non-hydrogen) atoms. The lowest BCUT2D eigenvalue weighted by atomic mass is 10.0. The number of benzene rings is 2. The number of carbonyl (C=O) groups excluding carboxylic acids is 2. The van der Waals surface area contributed by atoms with E-state index in [-0.39, 0.29) is 43.7 Å². The normalized spacial score (nSPS) is 16.8. The molecule has 0 N–H and O–H groups in total. The first kappa shape index (κ1) is 27.6. The van der Waals surface area contributed by atoms with Crippen LogP contribution in [0.2, 0.25) is 0 Å². The first-order valence-corrected chi connectivity index (χ1v) is 16.4. The van der Waals surface area contributed by atoms with Gasteiger partial charge in [0.2, 0.25) is 10.0 Å². The van der Waals surface area contributed by atoms with E-state index in [0.29, 0.717) is 41.9 Å². The number of carbonyl (C=O) groups is 2. The Morgan fingerprint density at radius 1 is 0.854 bits per heavy atom. The van der Waals surface area contributed by atoms with Gasteiger partial charge in [0.1, 0.15) is 23.1 Å². The molecule has 0 bridgehead atoms. The van der Waals surface area contributed by atoms with Gasteiger partial charge in [0, 0.05) is 44.7 Å². The number of thiazole rings is 1. The predicted molar refractivity (Wildman–Crippen MR) is 158 cm³/mol. The Morgan fingerprint density at radius 3 is 2.32 bits per heavy atom. The second-order valence-corrected chi connectivity index (χ2v) is 13.5. The molecule has 4 heterocycles. The van der Waals surface area contributed by atoms with Gasteiger partial charge in [-0.1, -0.05) is 12.1 Å². The molecule has 0 aliphatic carbocycles. The number of fused-ring (bicyclic) bond motifs is 2. The zero-order valence-corrected chi connectivity index (χ0v) is 24.4. The average molecular weight is 594 g/mol. The molecule has 0 atom stereocenters. The third-order valence-electron chi connectivity index (χ3n) is 7.57. The molecule has 0 spiro atoms. The van der Waals surface area contributed by atoms with Crippen LogP contribution in [0, 0.1) is 0 Å².